The van der Waals surface area contributed by atoms with E-state index in [4.69, 9.17) is 4.74 Å². The second-order valence-electron chi connectivity index (χ2n) is 15.4. The highest BCUT2D eigenvalue weighted by atomic mass is 16.5. The van der Waals surface area contributed by atoms with E-state index in [1.54, 1.807) is 0 Å². The number of carbonyl (C=O) groups is 1. The molecule has 0 fully saturated rings. The van der Waals surface area contributed by atoms with E-state index in [-0.39, 0.29) is 11.4 Å². The van der Waals surface area contributed by atoms with Crippen molar-refractivity contribution in [1.82, 2.24) is 0 Å². The van der Waals surface area contributed by atoms with E-state index in [0.29, 0.717) is 12.5 Å². The smallest absolute Gasteiger partial charge is 0.312 e. The molecule has 0 radical (unpaired) electrons. The third-order valence-electron chi connectivity index (χ3n) is 11.0. The van der Waals surface area contributed by atoms with Crippen LogP contribution in [0.15, 0.2) is 0 Å². The summed E-state index contributed by atoms with van der Waals surface area (Å²) in [5.74, 6) is 0.703. The van der Waals surface area contributed by atoms with Crippen molar-refractivity contribution < 1.29 is 9.53 Å². The maximum Gasteiger partial charge on any atom is 0.312 e. The van der Waals surface area contributed by atoms with Gasteiger partial charge in [-0.05, 0) is 31.6 Å². The molecule has 0 aliphatic heterocycles. The Morgan fingerprint density at radius 2 is 0.696 bits per heavy atom. The van der Waals surface area contributed by atoms with Gasteiger partial charge in [-0.1, -0.05) is 234 Å². The van der Waals surface area contributed by atoms with Crippen molar-refractivity contribution in [2.45, 2.75) is 259 Å². The Morgan fingerprint density at radius 3 is 0.978 bits per heavy atom. The minimum absolute atomic E-state index is 0.176. The second kappa shape index (κ2) is 35.8. The van der Waals surface area contributed by atoms with E-state index in [1.165, 1.54) is 199 Å². The number of hydrogen-bond donors (Lipinski definition) is 0. The van der Waals surface area contributed by atoms with Gasteiger partial charge >= 0.3 is 5.97 Å². The van der Waals surface area contributed by atoms with Gasteiger partial charge in [0.25, 0.3) is 0 Å². The highest BCUT2D eigenvalue weighted by Gasteiger charge is 2.38. The molecule has 276 valence electrons. The van der Waals surface area contributed by atoms with E-state index >= 15 is 0 Å². The fraction of sp³-hybridized carbons (Fsp3) is 0.977. The summed E-state index contributed by atoms with van der Waals surface area (Å²) < 4.78 is 6.31. The molecule has 0 aliphatic rings. The minimum atomic E-state index is -0.244. The van der Waals surface area contributed by atoms with E-state index in [9.17, 15) is 4.79 Å². The molecular weight excluding hydrogens is 560 g/mol. The third kappa shape index (κ3) is 27.4. The molecule has 2 unspecified atom stereocenters. The Kier molecular flexibility index (Phi) is 35.4. The van der Waals surface area contributed by atoms with Gasteiger partial charge in [0.05, 0.1) is 12.0 Å². The highest BCUT2D eigenvalue weighted by molar-refractivity contribution is 5.76. The van der Waals surface area contributed by atoms with Crippen LogP contribution >= 0.6 is 0 Å². The zero-order valence-electron chi connectivity index (χ0n) is 32.8. The second-order valence-corrected chi connectivity index (χ2v) is 15.4. The maximum absolute atomic E-state index is 14.1. The van der Waals surface area contributed by atoms with Crippen LogP contribution in [0.5, 0.6) is 0 Å². The van der Waals surface area contributed by atoms with Crippen LogP contribution in [0.1, 0.15) is 259 Å². The molecule has 0 saturated carbocycles. The summed E-state index contributed by atoms with van der Waals surface area (Å²) in [5, 5.41) is 0. The summed E-state index contributed by atoms with van der Waals surface area (Å²) in [6.07, 6.45) is 45.8. The number of esters is 1. The molecule has 0 rings (SSSR count). The summed E-state index contributed by atoms with van der Waals surface area (Å²) in [5.41, 5.74) is -0.244. The van der Waals surface area contributed by atoms with E-state index in [1.807, 2.05) is 0 Å². The van der Waals surface area contributed by atoms with Crippen molar-refractivity contribution >= 4 is 5.97 Å². The van der Waals surface area contributed by atoms with Crippen LogP contribution in [0, 0.1) is 11.3 Å². The normalized spacial score (nSPS) is 13.6. The van der Waals surface area contributed by atoms with Crippen LogP contribution < -0.4 is 0 Å². The molecule has 0 N–H and O–H groups in total. The van der Waals surface area contributed by atoms with E-state index in [0.717, 1.165) is 25.7 Å². The molecule has 0 aromatic carbocycles. The first-order chi connectivity index (χ1) is 22.6. The largest absolute Gasteiger partial charge is 0.465 e. The zero-order chi connectivity index (χ0) is 33.8. The van der Waals surface area contributed by atoms with Gasteiger partial charge in [0.1, 0.15) is 0 Å². The van der Waals surface area contributed by atoms with Gasteiger partial charge < -0.3 is 4.74 Å². The topological polar surface area (TPSA) is 26.3 Å². The van der Waals surface area contributed by atoms with Gasteiger partial charge in [0, 0.05) is 0 Å². The van der Waals surface area contributed by atoms with E-state index < -0.39 is 0 Å². The van der Waals surface area contributed by atoms with Gasteiger partial charge in [-0.15, -0.1) is 0 Å². The summed E-state index contributed by atoms with van der Waals surface area (Å²) in [4.78, 5) is 14.1. The number of ether oxygens (including phenoxy) is 1. The van der Waals surface area contributed by atoms with Crippen LogP contribution in [0.2, 0.25) is 0 Å². The minimum Gasteiger partial charge on any atom is -0.465 e. The van der Waals surface area contributed by atoms with Crippen molar-refractivity contribution in [1.29, 1.82) is 0 Å². The molecule has 0 spiro atoms. The number of rotatable bonds is 38. The summed E-state index contributed by atoms with van der Waals surface area (Å²) in [6, 6.07) is 0. The zero-order valence-corrected chi connectivity index (χ0v) is 32.8. The highest BCUT2D eigenvalue weighted by Crippen LogP contribution is 2.39. The standard InChI is InChI=1S/C44H88O2/c1-6-11-15-18-21-23-25-26-28-30-33-36-40-44(38-34-31-20-17-13-8-3,43(45)46-41-42(10-5)37-14-9-4)39-35-32-29-27-24-22-19-16-12-7-2/h42H,6-41H2,1-5H3. The lowest BCUT2D eigenvalue weighted by Gasteiger charge is -2.33. The van der Waals surface area contributed by atoms with Gasteiger partial charge in [-0.3, -0.25) is 4.79 Å². The van der Waals surface area contributed by atoms with Crippen molar-refractivity contribution in [3.63, 3.8) is 0 Å². The first kappa shape index (κ1) is 45.5. The maximum atomic E-state index is 14.1. The fourth-order valence-electron chi connectivity index (χ4n) is 7.42. The Labute approximate surface area is 292 Å². The summed E-state index contributed by atoms with van der Waals surface area (Å²) >= 11 is 0. The molecule has 0 aliphatic carbocycles. The van der Waals surface area contributed by atoms with Crippen LogP contribution in [0.25, 0.3) is 0 Å². The average molecular weight is 649 g/mol. The molecule has 0 aromatic rings. The lowest BCUT2D eigenvalue weighted by atomic mass is 9.73. The SMILES string of the molecule is CCCCCCCCCCCCCCC(CCCCCCCC)(CCCCCCCCCCCC)C(=O)OCC(CC)CCCC. The molecule has 46 heavy (non-hydrogen) atoms. The first-order valence-corrected chi connectivity index (χ1v) is 21.8. The van der Waals surface area contributed by atoms with E-state index in [2.05, 4.69) is 34.6 Å². The predicted molar refractivity (Wildman–Crippen MR) is 207 cm³/mol. The number of hydrogen-bond acceptors (Lipinski definition) is 2. The molecular formula is C44H88O2. The summed E-state index contributed by atoms with van der Waals surface area (Å²) in [7, 11) is 0. The van der Waals surface area contributed by atoms with Crippen molar-refractivity contribution in [3.8, 4) is 0 Å². The molecule has 2 heteroatoms. The van der Waals surface area contributed by atoms with Crippen molar-refractivity contribution in [3.05, 3.63) is 0 Å². The fourth-order valence-corrected chi connectivity index (χ4v) is 7.42. The van der Waals surface area contributed by atoms with Crippen LogP contribution in [0.4, 0.5) is 0 Å². The molecule has 0 bridgehead atoms. The Hall–Kier alpha value is -0.530. The lowest BCUT2D eigenvalue weighted by molar-refractivity contribution is -0.159. The monoisotopic (exact) mass is 649 g/mol. The molecule has 2 atom stereocenters. The van der Waals surface area contributed by atoms with Crippen LogP contribution in [-0.4, -0.2) is 12.6 Å². The van der Waals surface area contributed by atoms with Gasteiger partial charge in [0.15, 0.2) is 0 Å². The quantitative estimate of drug-likeness (QED) is 0.0492. The lowest BCUT2D eigenvalue weighted by Crippen LogP contribution is -2.34. The number of unbranched alkanes of at least 4 members (excludes halogenated alkanes) is 26. The third-order valence-corrected chi connectivity index (χ3v) is 11.0. The predicted octanol–water partition coefficient (Wildman–Crippen LogP) is 15.9. The molecule has 2 nitrogen and oxygen atoms in total. The van der Waals surface area contributed by atoms with Gasteiger partial charge in [-0.25, -0.2) is 0 Å². The van der Waals surface area contributed by atoms with Crippen molar-refractivity contribution in [2.24, 2.45) is 11.3 Å². The molecule has 0 heterocycles. The number of carbonyl (C=O) groups excluding carboxylic acids is 1. The van der Waals surface area contributed by atoms with Crippen LogP contribution in [-0.2, 0) is 9.53 Å². The molecule has 0 amide bonds. The van der Waals surface area contributed by atoms with Crippen molar-refractivity contribution in [2.75, 3.05) is 6.61 Å². The first-order valence-electron chi connectivity index (χ1n) is 21.8. The average Bonchev–Trinajstić information content (AvgIpc) is 3.07. The van der Waals surface area contributed by atoms with Crippen LogP contribution in [0.3, 0.4) is 0 Å². The molecule has 0 aromatic heterocycles. The summed E-state index contributed by atoms with van der Waals surface area (Å²) in [6.45, 7) is 12.1. The van der Waals surface area contributed by atoms with Gasteiger partial charge in [0.2, 0.25) is 0 Å². The Morgan fingerprint density at radius 1 is 0.413 bits per heavy atom. The Bertz CT molecular complexity index is 601. The van der Waals surface area contributed by atoms with Gasteiger partial charge in [-0.2, -0.15) is 0 Å². The Balaban J connectivity index is 5.07. The molecule has 0 saturated heterocycles.